The van der Waals surface area contributed by atoms with Crippen LogP contribution in [0.2, 0.25) is 0 Å². The van der Waals surface area contributed by atoms with E-state index in [-0.39, 0.29) is 4.92 Å². The average molecular weight is 362 g/mol. The van der Waals surface area contributed by atoms with Crippen molar-refractivity contribution < 1.29 is 4.92 Å². The topological polar surface area (TPSA) is 43.1 Å². The third-order valence-electron chi connectivity index (χ3n) is 1.45. The molecule has 0 radical (unpaired) electrons. The Morgan fingerprint density at radius 2 is 2.08 bits per heavy atom. The molecule has 12 heavy (non-hydrogen) atoms. The van der Waals surface area contributed by atoms with Crippen LogP contribution in [0.3, 0.4) is 0 Å². The van der Waals surface area contributed by atoms with E-state index in [2.05, 4.69) is 47.8 Å². The van der Waals surface area contributed by atoms with Gasteiger partial charge < -0.3 is 0 Å². The summed E-state index contributed by atoms with van der Waals surface area (Å²) < 4.78 is 0.394. The van der Waals surface area contributed by atoms with Gasteiger partial charge in [-0.2, -0.15) is 0 Å². The third-order valence-corrected chi connectivity index (χ3v) is 4.23. The molecule has 0 saturated carbocycles. The summed E-state index contributed by atoms with van der Waals surface area (Å²) in [5, 5.41) is 10.6. The zero-order valence-corrected chi connectivity index (χ0v) is 10.5. The van der Waals surface area contributed by atoms with E-state index in [9.17, 15) is 10.1 Å². The Morgan fingerprint density at radius 3 is 2.50 bits per heavy atom. The molecule has 0 aliphatic heterocycles. The average Bonchev–Trinajstić information content (AvgIpc) is 1.97. The van der Waals surface area contributed by atoms with E-state index in [0.717, 1.165) is 4.48 Å². The van der Waals surface area contributed by atoms with Gasteiger partial charge in [-0.25, -0.2) is 0 Å². The summed E-state index contributed by atoms with van der Waals surface area (Å²) >= 11 is 9.52. The molecule has 1 unspecified atom stereocenters. The summed E-state index contributed by atoms with van der Waals surface area (Å²) in [5.74, 6) is 0. The Morgan fingerprint density at radius 1 is 1.50 bits per heavy atom. The van der Waals surface area contributed by atoms with E-state index < -0.39 is 4.45 Å². The lowest BCUT2D eigenvalue weighted by molar-refractivity contribution is -0.521. The van der Waals surface area contributed by atoms with Crippen molar-refractivity contribution in [3.05, 3.63) is 31.2 Å². The van der Waals surface area contributed by atoms with Gasteiger partial charge in [0, 0.05) is 35.9 Å². The number of hydrogen-bond acceptors (Lipinski definition) is 2. The molecule has 1 aliphatic carbocycles. The molecular weight excluding hydrogens is 358 g/mol. The van der Waals surface area contributed by atoms with Crippen molar-refractivity contribution in [3.8, 4) is 0 Å². The molecule has 0 aromatic heterocycles. The van der Waals surface area contributed by atoms with Crippen molar-refractivity contribution in [2.45, 2.75) is 10.9 Å². The molecule has 0 saturated heterocycles. The minimum Gasteiger partial charge on any atom is -0.263 e. The highest BCUT2D eigenvalue weighted by Crippen LogP contribution is 2.38. The Hall–Kier alpha value is 0.320. The highest BCUT2D eigenvalue weighted by atomic mass is 79.9. The zero-order valence-electron chi connectivity index (χ0n) is 5.76. The van der Waals surface area contributed by atoms with E-state index >= 15 is 0 Å². The van der Waals surface area contributed by atoms with Gasteiger partial charge >= 0.3 is 0 Å². The number of alkyl halides is 1. The first-order valence-electron chi connectivity index (χ1n) is 3.03. The standard InChI is InChI=1S/C6H4Br3NO2/c7-4-1-2-6(9,10(11)12)3-5(4)8/h1,3H,2H2. The van der Waals surface area contributed by atoms with Crippen LogP contribution < -0.4 is 0 Å². The summed E-state index contributed by atoms with van der Waals surface area (Å²) in [6.07, 6.45) is 3.62. The predicted molar refractivity (Wildman–Crippen MR) is 57.3 cm³/mol. The van der Waals surface area contributed by atoms with Crippen LogP contribution >= 0.6 is 47.8 Å². The van der Waals surface area contributed by atoms with Crippen LogP contribution in [-0.4, -0.2) is 9.37 Å². The Balaban J connectivity index is 2.98. The van der Waals surface area contributed by atoms with Crippen LogP contribution in [0.25, 0.3) is 0 Å². The summed E-state index contributed by atoms with van der Waals surface area (Å²) in [6.45, 7) is 0. The fourth-order valence-electron chi connectivity index (χ4n) is 0.780. The van der Waals surface area contributed by atoms with Gasteiger partial charge in [-0.3, -0.25) is 10.1 Å². The van der Waals surface area contributed by atoms with Crippen LogP contribution in [0, 0.1) is 10.1 Å². The van der Waals surface area contributed by atoms with Crippen molar-refractivity contribution in [1.29, 1.82) is 0 Å². The molecule has 1 aliphatic rings. The number of nitro groups is 1. The van der Waals surface area contributed by atoms with E-state index in [0.29, 0.717) is 10.9 Å². The SMILES string of the molecule is O=[N+]([O-])C1(Br)C=C(Br)C(Br)=CC1. The Labute approximate surface area is 94.4 Å². The van der Waals surface area contributed by atoms with Crippen molar-refractivity contribution in [2.75, 3.05) is 0 Å². The molecule has 66 valence electrons. The van der Waals surface area contributed by atoms with Gasteiger partial charge in [-0.15, -0.1) is 0 Å². The first-order chi connectivity index (χ1) is 5.46. The minimum atomic E-state index is -1.15. The van der Waals surface area contributed by atoms with Crippen molar-refractivity contribution in [1.82, 2.24) is 0 Å². The molecule has 0 heterocycles. The Bertz CT molecular complexity index is 287. The van der Waals surface area contributed by atoms with Crippen LogP contribution in [0.4, 0.5) is 0 Å². The molecule has 3 nitrogen and oxygen atoms in total. The van der Waals surface area contributed by atoms with Crippen LogP contribution in [0.5, 0.6) is 0 Å². The Kier molecular flexibility index (Phi) is 3.11. The quantitative estimate of drug-likeness (QED) is 0.311. The van der Waals surface area contributed by atoms with Gasteiger partial charge in [0.2, 0.25) is 0 Å². The van der Waals surface area contributed by atoms with E-state index in [1.165, 1.54) is 6.08 Å². The van der Waals surface area contributed by atoms with Crippen molar-refractivity contribution in [2.24, 2.45) is 0 Å². The van der Waals surface area contributed by atoms with Crippen molar-refractivity contribution >= 4 is 47.8 Å². The van der Waals surface area contributed by atoms with E-state index in [1.54, 1.807) is 6.08 Å². The van der Waals surface area contributed by atoms with Gasteiger partial charge in [-0.05, 0) is 31.9 Å². The lowest BCUT2D eigenvalue weighted by Crippen LogP contribution is -2.29. The summed E-state index contributed by atoms with van der Waals surface area (Å²) in [6, 6.07) is 0. The molecule has 6 heteroatoms. The molecule has 0 aromatic rings. The van der Waals surface area contributed by atoms with Gasteiger partial charge in [0.05, 0.1) is 6.42 Å². The second-order valence-corrected chi connectivity index (χ2v) is 5.41. The van der Waals surface area contributed by atoms with Crippen LogP contribution in [-0.2, 0) is 0 Å². The van der Waals surface area contributed by atoms with Crippen LogP contribution in [0.1, 0.15) is 6.42 Å². The maximum atomic E-state index is 10.6. The maximum absolute atomic E-state index is 10.6. The molecule has 0 N–H and O–H groups in total. The number of halogens is 3. The normalized spacial score (nSPS) is 29.2. The number of allylic oxidation sites excluding steroid dienone is 2. The highest BCUT2D eigenvalue weighted by Gasteiger charge is 2.38. The molecule has 0 amide bonds. The summed E-state index contributed by atoms with van der Waals surface area (Å²) in [4.78, 5) is 10.2. The first-order valence-corrected chi connectivity index (χ1v) is 5.41. The number of rotatable bonds is 1. The van der Waals surface area contributed by atoms with E-state index in [1.807, 2.05) is 0 Å². The van der Waals surface area contributed by atoms with Gasteiger partial charge in [0.1, 0.15) is 0 Å². The fraction of sp³-hybridized carbons (Fsp3) is 0.333. The lowest BCUT2D eigenvalue weighted by atomic mass is 10.1. The number of hydrogen-bond donors (Lipinski definition) is 0. The summed E-state index contributed by atoms with van der Waals surface area (Å²) in [7, 11) is 0. The molecule has 0 fully saturated rings. The van der Waals surface area contributed by atoms with Crippen LogP contribution in [0.15, 0.2) is 21.1 Å². The van der Waals surface area contributed by atoms with Gasteiger partial charge in [0.25, 0.3) is 4.45 Å². The minimum absolute atomic E-state index is 0.343. The smallest absolute Gasteiger partial charge is 0.263 e. The molecule has 1 rings (SSSR count). The van der Waals surface area contributed by atoms with Gasteiger partial charge in [0.15, 0.2) is 0 Å². The molecule has 0 spiro atoms. The first kappa shape index (κ1) is 10.4. The highest BCUT2D eigenvalue weighted by molar-refractivity contribution is 9.15. The zero-order chi connectivity index (χ0) is 9.35. The fourth-order valence-corrected chi connectivity index (χ4v) is 2.29. The monoisotopic (exact) mass is 359 g/mol. The second-order valence-electron chi connectivity index (χ2n) is 2.32. The maximum Gasteiger partial charge on any atom is 0.297 e. The second kappa shape index (κ2) is 3.59. The summed E-state index contributed by atoms with van der Waals surface area (Å²) in [5.41, 5.74) is 0. The molecule has 0 aromatic carbocycles. The van der Waals surface area contributed by atoms with E-state index in [4.69, 9.17) is 0 Å². The lowest BCUT2D eigenvalue weighted by Gasteiger charge is -2.17. The predicted octanol–water partition coefficient (Wildman–Crippen LogP) is 3.32. The van der Waals surface area contributed by atoms with Crippen molar-refractivity contribution in [3.63, 3.8) is 0 Å². The third kappa shape index (κ3) is 1.97. The molecule has 0 bridgehead atoms. The van der Waals surface area contributed by atoms with Gasteiger partial charge in [-0.1, -0.05) is 6.08 Å². The number of nitrogens with zero attached hydrogens (tertiary/aromatic N) is 1. The largest absolute Gasteiger partial charge is 0.297 e. The molecular formula is C6H4Br3NO2. The molecule has 1 atom stereocenters.